The molecule has 0 heterocycles. The Balaban J connectivity index is 1.21. The topological polar surface area (TPSA) is 44.8 Å². The van der Waals surface area contributed by atoms with E-state index in [0.717, 1.165) is 61.3 Å². The Kier molecular flexibility index (Phi) is 12.2. The zero-order chi connectivity index (χ0) is 27.1. The largest absolute Gasteiger partial charge is 0.494 e. The van der Waals surface area contributed by atoms with Crippen LogP contribution in [0.2, 0.25) is 0 Å². The van der Waals surface area contributed by atoms with Gasteiger partial charge in [0.05, 0.1) is 34.4 Å². The molecule has 5 heteroatoms. The number of quaternary nitrogens is 1. The quantitative estimate of drug-likeness (QED) is 0.111. The van der Waals surface area contributed by atoms with Crippen LogP contribution in [0.4, 0.5) is 0 Å². The molecule has 0 spiro atoms. The molecule has 38 heavy (non-hydrogen) atoms. The van der Waals surface area contributed by atoms with Crippen molar-refractivity contribution in [3.05, 3.63) is 96.1 Å². The maximum Gasteiger partial charge on any atom is 0.365 e. The van der Waals surface area contributed by atoms with Crippen molar-refractivity contribution in [3.63, 3.8) is 0 Å². The van der Waals surface area contributed by atoms with Gasteiger partial charge in [-0.25, -0.2) is 4.79 Å². The van der Waals surface area contributed by atoms with E-state index in [1.807, 2.05) is 60.7 Å². The fraction of sp³-hybridized carbons (Fsp3) is 0.424. The van der Waals surface area contributed by atoms with Gasteiger partial charge in [0.1, 0.15) is 18.1 Å². The zero-order valence-electron chi connectivity index (χ0n) is 23.3. The van der Waals surface area contributed by atoms with Crippen molar-refractivity contribution in [1.29, 1.82) is 0 Å². The number of unbranched alkanes of at least 4 members (excludes halogenated alkanes) is 5. The van der Waals surface area contributed by atoms with Gasteiger partial charge in [-0.2, -0.15) is 0 Å². The average Bonchev–Trinajstić information content (AvgIpc) is 2.92. The van der Waals surface area contributed by atoms with Gasteiger partial charge < -0.3 is 18.7 Å². The van der Waals surface area contributed by atoms with E-state index in [0.29, 0.717) is 24.1 Å². The molecule has 3 rings (SSSR count). The van der Waals surface area contributed by atoms with Gasteiger partial charge >= 0.3 is 5.97 Å². The fourth-order valence-corrected chi connectivity index (χ4v) is 4.25. The van der Waals surface area contributed by atoms with Gasteiger partial charge in [0, 0.05) is 6.42 Å². The highest BCUT2D eigenvalue weighted by Gasteiger charge is 2.33. The van der Waals surface area contributed by atoms with Gasteiger partial charge in [-0.1, -0.05) is 86.3 Å². The van der Waals surface area contributed by atoms with Crippen molar-refractivity contribution in [1.82, 2.24) is 0 Å². The first-order chi connectivity index (χ1) is 18.4. The molecule has 0 saturated carbocycles. The molecule has 0 aliphatic carbocycles. The van der Waals surface area contributed by atoms with E-state index in [1.165, 1.54) is 6.42 Å². The summed E-state index contributed by atoms with van der Waals surface area (Å²) in [6.45, 7) is 1.78. The Hall–Kier alpha value is -3.31. The SMILES string of the molecule is C[N+](C)(C)C(Cc1ccccc1)C(=O)OCCCCCCCCOc1ccc(OCc2ccccc2)cc1. The Morgan fingerprint density at radius 1 is 0.632 bits per heavy atom. The van der Waals surface area contributed by atoms with Crippen LogP contribution >= 0.6 is 0 Å². The lowest BCUT2D eigenvalue weighted by molar-refractivity contribution is -0.887. The lowest BCUT2D eigenvalue weighted by Crippen LogP contribution is -2.51. The summed E-state index contributed by atoms with van der Waals surface area (Å²) in [6, 6.07) is 28.0. The highest BCUT2D eigenvalue weighted by molar-refractivity contribution is 5.75. The third-order valence-electron chi connectivity index (χ3n) is 6.60. The molecular weight excluding hydrogens is 474 g/mol. The van der Waals surface area contributed by atoms with Crippen LogP contribution in [0, 0.1) is 0 Å². The van der Waals surface area contributed by atoms with E-state index < -0.39 is 0 Å². The minimum absolute atomic E-state index is 0.103. The van der Waals surface area contributed by atoms with Gasteiger partial charge in [-0.15, -0.1) is 0 Å². The van der Waals surface area contributed by atoms with Crippen molar-refractivity contribution in [3.8, 4) is 11.5 Å². The first-order valence-corrected chi connectivity index (χ1v) is 13.8. The predicted octanol–water partition coefficient (Wildman–Crippen LogP) is 6.85. The van der Waals surface area contributed by atoms with E-state index in [1.54, 1.807) is 0 Å². The minimum atomic E-state index is -0.199. The summed E-state index contributed by atoms with van der Waals surface area (Å²) >= 11 is 0. The molecule has 204 valence electrons. The molecule has 0 bridgehead atoms. The number of rotatable bonds is 17. The van der Waals surface area contributed by atoms with E-state index in [4.69, 9.17) is 14.2 Å². The van der Waals surface area contributed by atoms with Crippen LogP contribution < -0.4 is 9.47 Å². The molecule has 0 N–H and O–H groups in total. The van der Waals surface area contributed by atoms with E-state index in [9.17, 15) is 4.79 Å². The molecule has 0 aliphatic rings. The second kappa shape index (κ2) is 15.8. The van der Waals surface area contributed by atoms with Gasteiger partial charge in [0.15, 0.2) is 6.04 Å². The average molecular weight is 519 g/mol. The minimum Gasteiger partial charge on any atom is -0.494 e. The van der Waals surface area contributed by atoms with Gasteiger partial charge in [0.25, 0.3) is 0 Å². The zero-order valence-corrected chi connectivity index (χ0v) is 23.3. The molecule has 1 unspecified atom stereocenters. The summed E-state index contributed by atoms with van der Waals surface area (Å²) in [7, 11) is 6.15. The summed E-state index contributed by atoms with van der Waals surface area (Å²) < 4.78 is 17.9. The summed E-state index contributed by atoms with van der Waals surface area (Å²) in [5.74, 6) is 1.61. The summed E-state index contributed by atoms with van der Waals surface area (Å²) in [4.78, 5) is 12.8. The van der Waals surface area contributed by atoms with Crippen LogP contribution in [0.1, 0.15) is 49.7 Å². The molecule has 0 amide bonds. The molecule has 3 aromatic rings. The van der Waals surface area contributed by atoms with Crippen LogP contribution in [0.25, 0.3) is 0 Å². The number of likely N-dealkylation sites (N-methyl/N-ethyl adjacent to an activating group) is 1. The molecule has 3 aromatic carbocycles. The number of carbonyl (C=O) groups is 1. The first kappa shape index (κ1) is 29.2. The normalized spacial score (nSPS) is 12.1. The van der Waals surface area contributed by atoms with Crippen LogP contribution in [-0.4, -0.2) is 50.9 Å². The maximum absolute atomic E-state index is 12.8. The van der Waals surface area contributed by atoms with Crippen molar-refractivity contribution in [2.75, 3.05) is 34.4 Å². The molecule has 0 saturated heterocycles. The number of benzene rings is 3. The predicted molar refractivity (Wildman–Crippen MR) is 153 cm³/mol. The van der Waals surface area contributed by atoms with Crippen molar-refractivity contribution >= 4 is 5.97 Å². The van der Waals surface area contributed by atoms with E-state index >= 15 is 0 Å². The van der Waals surface area contributed by atoms with Crippen LogP contribution in [-0.2, 0) is 22.6 Å². The number of esters is 1. The van der Waals surface area contributed by atoms with Gasteiger partial charge in [-0.3, -0.25) is 0 Å². The summed E-state index contributed by atoms with van der Waals surface area (Å²) in [5.41, 5.74) is 2.32. The number of carbonyl (C=O) groups excluding carboxylic acids is 1. The Bertz CT molecular complexity index is 1050. The standard InChI is InChI=1S/C33H44NO4/c1-34(2,3)32(26-28-16-10-8-11-17-28)33(35)37-25-15-7-5-4-6-14-24-36-30-20-22-31(23-21-30)38-27-29-18-12-9-13-19-29/h8-13,16-23,32H,4-7,14-15,24-27H2,1-3H3/q+1. The highest BCUT2D eigenvalue weighted by Crippen LogP contribution is 2.19. The van der Waals surface area contributed by atoms with Crippen molar-refractivity contribution in [2.24, 2.45) is 0 Å². The smallest absolute Gasteiger partial charge is 0.365 e. The van der Waals surface area contributed by atoms with E-state index in [2.05, 4.69) is 45.4 Å². The van der Waals surface area contributed by atoms with Crippen LogP contribution in [0.15, 0.2) is 84.9 Å². The molecule has 1 atom stereocenters. The molecule has 0 aliphatic heterocycles. The molecule has 0 aromatic heterocycles. The molecule has 5 nitrogen and oxygen atoms in total. The van der Waals surface area contributed by atoms with Crippen molar-refractivity contribution in [2.45, 2.75) is 57.6 Å². The maximum atomic E-state index is 12.8. The number of hydrogen-bond acceptors (Lipinski definition) is 4. The summed E-state index contributed by atoms with van der Waals surface area (Å²) in [5, 5.41) is 0. The fourth-order valence-electron chi connectivity index (χ4n) is 4.25. The monoisotopic (exact) mass is 518 g/mol. The summed E-state index contributed by atoms with van der Waals surface area (Å²) in [6.07, 6.45) is 7.16. The van der Waals surface area contributed by atoms with Gasteiger partial charge in [-0.05, 0) is 48.2 Å². The highest BCUT2D eigenvalue weighted by atomic mass is 16.5. The lowest BCUT2D eigenvalue weighted by atomic mass is 10.0. The Morgan fingerprint density at radius 2 is 1.13 bits per heavy atom. The van der Waals surface area contributed by atoms with Crippen molar-refractivity contribution < 1.29 is 23.5 Å². The van der Waals surface area contributed by atoms with Gasteiger partial charge in [0.2, 0.25) is 0 Å². The Labute approximate surface area is 228 Å². The third kappa shape index (κ3) is 11.0. The second-order valence-corrected chi connectivity index (χ2v) is 10.7. The first-order valence-electron chi connectivity index (χ1n) is 13.8. The molecule has 0 fully saturated rings. The number of ether oxygens (including phenoxy) is 3. The molecule has 0 radical (unpaired) electrons. The van der Waals surface area contributed by atoms with Crippen LogP contribution in [0.5, 0.6) is 11.5 Å². The Morgan fingerprint density at radius 3 is 1.71 bits per heavy atom. The lowest BCUT2D eigenvalue weighted by Gasteiger charge is -2.32. The number of hydrogen-bond donors (Lipinski definition) is 0. The third-order valence-corrected chi connectivity index (χ3v) is 6.60. The number of nitrogens with zero attached hydrogens (tertiary/aromatic N) is 1. The second-order valence-electron chi connectivity index (χ2n) is 10.7. The van der Waals surface area contributed by atoms with Crippen LogP contribution in [0.3, 0.4) is 0 Å². The van der Waals surface area contributed by atoms with E-state index in [-0.39, 0.29) is 12.0 Å². The molecular formula is C33H44NO4+.